The summed E-state index contributed by atoms with van der Waals surface area (Å²) in [6.07, 6.45) is 5.58. The third-order valence-corrected chi connectivity index (χ3v) is 4.91. The van der Waals surface area contributed by atoms with Gasteiger partial charge in [-0.05, 0) is 42.7 Å². The second-order valence-corrected chi connectivity index (χ2v) is 6.59. The van der Waals surface area contributed by atoms with Crippen LogP contribution in [0.4, 0.5) is 5.69 Å². The molecule has 5 rings (SSSR count). The number of fused-ring (bicyclic) bond motifs is 4. The summed E-state index contributed by atoms with van der Waals surface area (Å²) in [5, 5.41) is 3.98. The zero-order valence-electron chi connectivity index (χ0n) is 14.1. The van der Waals surface area contributed by atoms with Gasteiger partial charge in [0.25, 0.3) is 5.91 Å². The van der Waals surface area contributed by atoms with Crippen LogP contribution in [0.25, 0.3) is 16.6 Å². The Hall–Kier alpha value is -3.40. The van der Waals surface area contributed by atoms with E-state index in [1.807, 2.05) is 48.7 Å². The molecule has 1 aliphatic rings. The summed E-state index contributed by atoms with van der Waals surface area (Å²) in [4.78, 5) is 17.1. The van der Waals surface area contributed by atoms with E-state index in [0.717, 1.165) is 23.7 Å². The molecule has 3 heterocycles. The highest BCUT2D eigenvalue weighted by Crippen LogP contribution is 2.27. The first kappa shape index (κ1) is 14.9. The maximum Gasteiger partial charge on any atom is 0.257 e. The largest absolute Gasteiger partial charge is 0.321 e. The average Bonchev–Trinajstić information content (AvgIpc) is 3.13. The van der Waals surface area contributed by atoms with E-state index in [4.69, 9.17) is 0 Å². The third kappa shape index (κ3) is 2.47. The lowest BCUT2D eigenvalue weighted by Crippen LogP contribution is -2.11. The van der Waals surface area contributed by atoms with Gasteiger partial charge in [0.1, 0.15) is 0 Å². The number of aryl methyl sites for hydroxylation is 2. The Balaban J connectivity index is 1.45. The second kappa shape index (κ2) is 5.85. The number of hydrogen-bond donors (Lipinski definition) is 1. The van der Waals surface area contributed by atoms with Crippen LogP contribution in [0.3, 0.4) is 0 Å². The molecule has 1 amide bonds. The first-order valence-electron chi connectivity index (χ1n) is 8.74. The van der Waals surface area contributed by atoms with Gasteiger partial charge in [-0.15, -0.1) is 0 Å². The molecule has 2 aromatic carbocycles. The molecule has 126 valence electrons. The van der Waals surface area contributed by atoms with Crippen molar-refractivity contribution < 1.29 is 4.79 Å². The minimum absolute atomic E-state index is 0.110. The molecule has 1 N–H and O–H groups in total. The number of rotatable bonds is 2. The predicted molar refractivity (Wildman–Crippen MR) is 103 cm³/mol. The number of benzene rings is 2. The van der Waals surface area contributed by atoms with Crippen molar-refractivity contribution in [2.75, 3.05) is 5.32 Å². The first-order valence-corrected chi connectivity index (χ1v) is 8.74. The van der Waals surface area contributed by atoms with E-state index in [1.54, 1.807) is 6.20 Å². The molecule has 0 aliphatic carbocycles. The van der Waals surface area contributed by atoms with Gasteiger partial charge in [0, 0.05) is 23.0 Å². The predicted octanol–water partition coefficient (Wildman–Crippen LogP) is 4.38. The van der Waals surface area contributed by atoms with E-state index in [0.29, 0.717) is 11.3 Å². The number of nitrogens with zero attached hydrogens (tertiary/aromatic N) is 2. The van der Waals surface area contributed by atoms with Gasteiger partial charge in [0.2, 0.25) is 0 Å². The van der Waals surface area contributed by atoms with Crippen LogP contribution < -0.4 is 5.32 Å². The van der Waals surface area contributed by atoms with E-state index in [2.05, 4.69) is 33.1 Å². The van der Waals surface area contributed by atoms with Crippen molar-refractivity contribution in [1.29, 1.82) is 0 Å². The normalized spacial score (nSPS) is 12.5. The summed E-state index contributed by atoms with van der Waals surface area (Å²) in [6, 6.07) is 20.2. The molecular weight excluding hydrogens is 322 g/mol. The van der Waals surface area contributed by atoms with Crippen molar-refractivity contribution in [1.82, 2.24) is 9.55 Å². The number of carbonyl (C=O) groups is 1. The van der Waals surface area contributed by atoms with E-state index < -0.39 is 0 Å². The quantitative estimate of drug-likeness (QED) is 0.589. The first-order chi connectivity index (χ1) is 12.8. The third-order valence-electron chi connectivity index (χ3n) is 4.91. The van der Waals surface area contributed by atoms with Crippen molar-refractivity contribution >= 4 is 22.5 Å². The van der Waals surface area contributed by atoms with E-state index in [1.165, 1.54) is 16.9 Å². The minimum atomic E-state index is -0.110. The Morgan fingerprint density at radius 2 is 1.85 bits per heavy atom. The van der Waals surface area contributed by atoms with E-state index >= 15 is 0 Å². The Morgan fingerprint density at radius 3 is 2.81 bits per heavy atom. The Morgan fingerprint density at radius 1 is 1.00 bits per heavy atom. The van der Waals surface area contributed by atoms with Crippen molar-refractivity contribution in [3.05, 3.63) is 89.9 Å². The lowest BCUT2D eigenvalue weighted by Gasteiger charge is -2.18. The van der Waals surface area contributed by atoms with Crippen LogP contribution >= 0.6 is 0 Å². The molecule has 4 heteroatoms. The Labute approximate surface area is 151 Å². The molecule has 0 fully saturated rings. The maximum absolute atomic E-state index is 12.7. The van der Waals surface area contributed by atoms with Crippen molar-refractivity contribution in [3.8, 4) is 5.69 Å². The molecule has 0 saturated carbocycles. The minimum Gasteiger partial charge on any atom is -0.321 e. The average molecular weight is 339 g/mol. The number of anilines is 1. The fourth-order valence-corrected chi connectivity index (χ4v) is 3.61. The van der Waals surface area contributed by atoms with Crippen LogP contribution in [0, 0.1) is 0 Å². The van der Waals surface area contributed by atoms with Gasteiger partial charge in [0.15, 0.2) is 0 Å². The lowest BCUT2D eigenvalue weighted by atomic mass is 10.0. The van der Waals surface area contributed by atoms with Gasteiger partial charge in [-0.25, -0.2) is 0 Å². The standard InChI is InChI=1S/C22H17N3O/c26-22(24-18-11-16-6-1-3-7-20(16)23-13-18)17-12-19-10-9-15-5-2-4-8-21(15)25(19)14-17/h1-8,11-14H,9-10H2,(H,24,26). The topological polar surface area (TPSA) is 46.9 Å². The number of hydrogen-bond acceptors (Lipinski definition) is 2. The van der Waals surface area contributed by atoms with Gasteiger partial charge in [-0.2, -0.15) is 0 Å². The summed E-state index contributed by atoms with van der Waals surface area (Å²) in [6.45, 7) is 0. The molecule has 0 saturated heterocycles. The number of nitrogens with one attached hydrogen (secondary N) is 1. The smallest absolute Gasteiger partial charge is 0.257 e. The van der Waals surface area contributed by atoms with Crippen LogP contribution in [0.5, 0.6) is 0 Å². The summed E-state index contributed by atoms with van der Waals surface area (Å²) in [5.74, 6) is -0.110. The molecular formula is C22H17N3O. The molecule has 0 bridgehead atoms. The van der Waals surface area contributed by atoms with Crippen molar-refractivity contribution in [3.63, 3.8) is 0 Å². The summed E-state index contributed by atoms with van der Waals surface area (Å²) >= 11 is 0. The maximum atomic E-state index is 12.7. The molecule has 1 aliphatic heterocycles. The van der Waals surface area contributed by atoms with Crippen LogP contribution in [0.1, 0.15) is 21.6 Å². The number of pyridine rings is 1. The van der Waals surface area contributed by atoms with Gasteiger partial charge < -0.3 is 9.88 Å². The van der Waals surface area contributed by atoms with Crippen molar-refractivity contribution in [2.45, 2.75) is 12.8 Å². The van der Waals surface area contributed by atoms with Crippen molar-refractivity contribution in [2.24, 2.45) is 0 Å². The fraction of sp³-hybridized carbons (Fsp3) is 0.0909. The van der Waals surface area contributed by atoms with Gasteiger partial charge >= 0.3 is 0 Å². The zero-order chi connectivity index (χ0) is 17.5. The van der Waals surface area contributed by atoms with E-state index in [9.17, 15) is 4.79 Å². The molecule has 4 nitrogen and oxygen atoms in total. The molecule has 0 radical (unpaired) electrons. The Kier molecular flexibility index (Phi) is 3.35. The zero-order valence-corrected chi connectivity index (χ0v) is 14.1. The fourth-order valence-electron chi connectivity index (χ4n) is 3.61. The lowest BCUT2D eigenvalue weighted by molar-refractivity contribution is 0.102. The second-order valence-electron chi connectivity index (χ2n) is 6.59. The molecule has 0 spiro atoms. The van der Waals surface area contributed by atoms with Crippen LogP contribution in [-0.4, -0.2) is 15.5 Å². The highest BCUT2D eigenvalue weighted by molar-refractivity contribution is 6.05. The van der Waals surface area contributed by atoms with Gasteiger partial charge in [-0.1, -0.05) is 36.4 Å². The molecule has 0 unspecified atom stereocenters. The van der Waals surface area contributed by atoms with Crippen LogP contribution in [0.15, 0.2) is 73.1 Å². The summed E-state index contributed by atoms with van der Waals surface area (Å²) < 4.78 is 2.13. The highest BCUT2D eigenvalue weighted by Gasteiger charge is 2.19. The molecule has 2 aromatic heterocycles. The molecule has 26 heavy (non-hydrogen) atoms. The monoisotopic (exact) mass is 339 g/mol. The number of carbonyl (C=O) groups excluding carboxylic acids is 1. The number of aromatic nitrogens is 2. The van der Waals surface area contributed by atoms with Gasteiger partial charge in [-0.3, -0.25) is 9.78 Å². The summed E-state index contributed by atoms with van der Waals surface area (Å²) in [7, 11) is 0. The summed E-state index contributed by atoms with van der Waals surface area (Å²) in [5.41, 5.74) is 5.96. The van der Waals surface area contributed by atoms with Crippen LogP contribution in [-0.2, 0) is 12.8 Å². The van der Waals surface area contributed by atoms with Crippen LogP contribution in [0.2, 0.25) is 0 Å². The number of amides is 1. The molecule has 4 aromatic rings. The van der Waals surface area contributed by atoms with Gasteiger partial charge in [0.05, 0.1) is 23.0 Å². The SMILES string of the molecule is O=C(Nc1cnc2ccccc2c1)c1cc2n(c1)-c1ccccc1CC2. The molecule has 0 atom stereocenters. The number of para-hydroxylation sites is 2. The van der Waals surface area contributed by atoms with E-state index in [-0.39, 0.29) is 5.91 Å². The Bertz CT molecular complexity index is 1140. The highest BCUT2D eigenvalue weighted by atomic mass is 16.1.